The highest BCUT2D eigenvalue weighted by Crippen LogP contribution is 2.35. The van der Waals surface area contributed by atoms with Crippen molar-refractivity contribution in [2.24, 2.45) is 0 Å². The van der Waals surface area contributed by atoms with Crippen molar-refractivity contribution in [2.45, 2.75) is 0 Å². The number of fused-ring (bicyclic) bond motifs is 1. The molecule has 2 amide bonds. The van der Waals surface area contributed by atoms with E-state index in [-0.39, 0.29) is 10.7 Å². The second kappa shape index (κ2) is 6.45. The lowest BCUT2D eigenvalue weighted by molar-refractivity contribution is 0.0893. The summed E-state index contributed by atoms with van der Waals surface area (Å²) < 4.78 is 5.39. The molecule has 0 N–H and O–H groups in total. The van der Waals surface area contributed by atoms with Gasteiger partial charge in [-0.05, 0) is 29.7 Å². The molecule has 0 saturated heterocycles. The second-order valence-corrected chi connectivity index (χ2v) is 7.99. The minimum Gasteiger partial charge on any atom is -0.422 e. The van der Waals surface area contributed by atoms with E-state index in [2.05, 4.69) is 4.98 Å². The smallest absolute Gasteiger partial charge is 0.345 e. The average Bonchev–Trinajstić information content (AvgIpc) is 3.26. The number of nitrogens with zero attached hydrogens (tertiary/aromatic N) is 2. The van der Waals surface area contributed by atoms with E-state index in [1.807, 2.05) is 24.3 Å². The molecule has 0 spiro atoms. The van der Waals surface area contributed by atoms with Crippen LogP contribution in [0, 0.1) is 0 Å². The lowest BCUT2D eigenvalue weighted by Crippen LogP contribution is -2.40. The highest BCUT2D eigenvalue weighted by atomic mass is 32.1. The van der Waals surface area contributed by atoms with Crippen molar-refractivity contribution in [1.29, 1.82) is 0 Å². The number of carbonyl (C=O) groups is 2. The van der Waals surface area contributed by atoms with Gasteiger partial charge in [0.1, 0.15) is 5.58 Å². The van der Waals surface area contributed by atoms with Gasteiger partial charge >= 0.3 is 5.63 Å². The van der Waals surface area contributed by atoms with Crippen molar-refractivity contribution in [1.82, 2.24) is 4.98 Å². The predicted molar refractivity (Wildman–Crippen MR) is 119 cm³/mol. The van der Waals surface area contributed by atoms with Gasteiger partial charge in [-0.1, -0.05) is 42.5 Å². The standard InChI is InChI=1S/C24H12N2O4S/c27-21-15-8-3-6-13-7-4-9-16(20(13)15)22(28)26(21)24-25-18(12-31-24)17-11-14-5-1-2-10-19(14)30-23(17)29/h1-12H. The van der Waals surface area contributed by atoms with Gasteiger partial charge in [0.2, 0.25) is 0 Å². The molecule has 0 atom stereocenters. The minimum absolute atomic E-state index is 0.212. The van der Waals surface area contributed by atoms with Gasteiger partial charge in [0.15, 0.2) is 5.13 Å². The van der Waals surface area contributed by atoms with Crippen molar-refractivity contribution in [2.75, 3.05) is 4.90 Å². The molecule has 5 aromatic rings. The number of hydrogen-bond donors (Lipinski definition) is 0. The number of thiazole rings is 1. The largest absolute Gasteiger partial charge is 0.422 e. The maximum Gasteiger partial charge on any atom is 0.345 e. The van der Waals surface area contributed by atoms with Crippen LogP contribution in [0.3, 0.4) is 0 Å². The lowest BCUT2D eigenvalue weighted by atomic mass is 9.94. The van der Waals surface area contributed by atoms with E-state index in [0.717, 1.165) is 27.0 Å². The molecule has 0 fully saturated rings. The number of aromatic nitrogens is 1. The molecule has 0 saturated carbocycles. The molecule has 31 heavy (non-hydrogen) atoms. The van der Waals surface area contributed by atoms with Gasteiger partial charge in [-0.25, -0.2) is 14.7 Å². The van der Waals surface area contributed by atoms with E-state index >= 15 is 0 Å². The fourth-order valence-electron chi connectivity index (χ4n) is 3.94. The molecule has 3 heterocycles. The Kier molecular flexibility index (Phi) is 3.69. The maximum absolute atomic E-state index is 13.2. The topological polar surface area (TPSA) is 80.5 Å². The minimum atomic E-state index is -0.526. The van der Waals surface area contributed by atoms with E-state index in [9.17, 15) is 14.4 Å². The number of imide groups is 1. The Bertz CT molecular complexity index is 1560. The number of anilines is 1. The Morgan fingerprint density at radius 2 is 1.45 bits per heavy atom. The highest BCUT2D eigenvalue weighted by molar-refractivity contribution is 7.14. The maximum atomic E-state index is 13.2. The fraction of sp³-hybridized carbons (Fsp3) is 0. The van der Waals surface area contributed by atoms with E-state index in [0.29, 0.717) is 27.8 Å². The Morgan fingerprint density at radius 1 is 0.774 bits per heavy atom. The van der Waals surface area contributed by atoms with Gasteiger partial charge < -0.3 is 4.42 Å². The summed E-state index contributed by atoms with van der Waals surface area (Å²) in [6.45, 7) is 0. The number of rotatable bonds is 2. The number of carbonyl (C=O) groups excluding carboxylic acids is 2. The SMILES string of the molecule is O=C1c2cccc3cccc(c23)C(=O)N1c1nc(-c2cc3ccccc3oc2=O)cs1. The molecule has 148 valence electrons. The van der Waals surface area contributed by atoms with Crippen LogP contribution in [0.4, 0.5) is 5.13 Å². The van der Waals surface area contributed by atoms with E-state index in [1.54, 1.807) is 47.8 Å². The average molecular weight is 424 g/mol. The zero-order chi connectivity index (χ0) is 21.1. The van der Waals surface area contributed by atoms with Crippen LogP contribution < -0.4 is 10.5 Å². The molecule has 0 unspecified atom stereocenters. The van der Waals surface area contributed by atoms with E-state index < -0.39 is 17.4 Å². The van der Waals surface area contributed by atoms with Gasteiger partial charge in [0.25, 0.3) is 11.8 Å². The Labute approximate surface area is 179 Å². The molecule has 6 rings (SSSR count). The summed E-state index contributed by atoms with van der Waals surface area (Å²) >= 11 is 1.13. The molecule has 2 aromatic heterocycles. The van der Waals surface area contributed by atoms with Crippen LogP contribution in [0.15, 0.2) is 81.3 Å². The van der Waals surface area contributed by atoms with Gasteiger partial charge in [0, 0.05) is 27.3 Å². The Balaban J connectivity index is 1.48. The molecule has 3 aromatic carbocycles. The fourth-order valence-corrected chi connectivity index (χ4v) is 4.75. The number of amides is 2. The first-order valence-electron chi connectivity index (χ1n) is 9.51. The first-order valence-corrected chi connectivity index (χ1v) is 10.4. The lowest BCUT2D eigenvalue weighted by Gasteiger charge is -2.25. The Morgan fingerprint density at radius 3 is 2.19 bits per heavy atom. The third-order valence-electron chi connectivity index (χ3n) is 5.37. The van der Waals surface area contributed by atoms with Crippen molar-refractivity contribution in [3.63, 3.8) is 0 Å². The van der Waals surface area contributed by atoms with Gasteiger partial charge in [-0.3, -0.25) is 9.59 Å². The van der Waals surface area contributed by atoms with Crippen LogP contribution in [0.1, 0.15) is 20.7 Å². The van der Waals surface area contributed by atoms with Crippen LogP contribution in [-0.2, 0) is 0 Å². The zero-order valence-corrected chi connectivity index (χ0v) is 16.7. The van der Waals surface area contributed by atoms with Crippen LogP contribution >= 0.6 is 11.3 Å². The summed E-state index contributed by atoms with van der Waals surface area (Å²) in [5.74, 6) is -0.860. The van der Waals surface area contributed by atoms with Crippen LogP contribution in [0.2, 0.25) is 0 Å². The molecule has 6 nitrogen and oxygen atoms in total. The number of benzene rings is 3. The second-order valence-electron chi connectivity index (χ2n) is 7.16. The number of para-hydroxylation sites is 1. The summed E-state index contributed by atoms with van der Waals surface area (Å²) in [7, 11) is 0. The molecule has 0 radical (unpaired) electrons. The normalized spacial score (nSPS) is 13.4. The van der Waals surface area contributed by atoms with Crippen molar-refractivity contribution < 1.29 is 14.0 Å². The first-order chi connectivity index (χ1) is 15.1. The summed E-state index contributed by atoms with van der Waals surface area (Å²) in [5.41, 5.74) is 1.50. The summed E-state index contributed by atoms with van der Waals surface area (Å²) in [6.07, 6.45) is 0. The van der Waals surface area contributed by atoms with Crippen LogP contribution in [0.5, 0.6) is 0 Å². The zero-order valence-electron chi connectivity index (χ0n) is 15.9. The molecule has 1 aliphatic rings. The van der Waals surface area contributed by atoms with E-state index in [4.69, 9.17) is 4.42 Å². The van der Waals surface area contributed by atoms with Gasteiger partial charge in [-0.2, -0.15) is 0 Å². The first kappa shape index (κ1) is 17.7. The molecular weight excluding hydrogens is 412 g/mol. The van der Waals surface area contributed by atoms with Crippen molar-refractivity contribution >= 4 is 50.0 Å². The highest BCUT2D eigenvalue weighted by Gasteiger charge is 2.35. The third-order valence-corrected chi connectivity index (χ3v) is 6.20. The van der Waals surface area contributed by atoms with Crippen LogP contribution in [0.25, 0.3) is 33.0 Å². The third kappa shape index (κ3) is 2.57. The van der Waals surface area contributed by atoms with Crippen molar-refractivity contribution in [3.05, 3.63) is 93.7 Å². The monoisotopic (exact) mass is 424 g/mol. The van der Waals surface area contributed by atoms with E-state index in [1.165, 1.54) is 0 Å². The molecule has 1 aliphatic heterocycles. The summed E-state index contributed by atoms with van der Waals surface area (Å²) in [4.78, 5) is 44.4. The summed E-state index contributed by atoms with van der Waals surface area (Å²) in [6, 6.07) is 19.6. The molecule has 0 bridgehead atoms. The number of hydrogen-bond acceptors (Lipinski definition) is 6. The van der Waals surface area contributed by atoms with Crippen LogP contribution in [-0.4, -0.2) is 16.8 Å². The van der Waals surface area contributed by atoms with Gasteiger partial charge in [0.05, 0.1) is 11.3 Å². The van der Waals surface area contributed by atoms with Gasteiger partial charge in [-0.15, -0.1) is 11.3 Å². The molecule has 7 heteroatoms. The molecular formula is C24H12N2O4S. The quantitative estimate of drug-likeness (QED) is 0.298. The summed E-state index contributed by atoms with van der Waals surface area (Å²) in [5, 5.41) is 4.12. The van der Waals surface area contributed by atoms with Crippen molar-refractivity contribution in [3.8, 4) is 11.3 Å². The molecule has 0 aliphatic carbocycles. The predicted octanol–water partition coefficient (Wildman–Crippen LogP) is 4.87. The Hall–Kier alpha value is -4.10.